The molecule has 1 rings (SSSR count). The monoisotopic (exact) mass is 386 g/mol. The molecule has 5 nitrogen and oxygen atoms in total. The van der Waals surface area contributed by atoms with Gasteiger partial charge in [0.2, 0.25) is 15.9 Å². The van der Waals surface area contributed by atoms with Crippen molar-refractivity contribution in [3.05, 3.63) is 29.3 Å². The summed E-state index contributed by atoms with van der Waals surface area (Å²) in [6.07, 6.45) is 1.13. The summed E-state index contributed by atoms with van der Waals surface area (Å²) in [6, 6.07) is 4.73. The van der Waals surface area contributed by atoms with Crippen molar-refractivity contribution in [3.63, 3.8) is 0 Å². The first kappa shape index (κ1) is 21.8. The maximum atomic E-state index is 12.5. The Labute approximate surface area is 156 Å². The Kier molecular flexibility index (Phi) is 7.38. The Balaban J connectivity index is 2.91. The molecule has 0 aliphatic rings. The number of carbonyl (C=O) groups is 1. The highest BCUT2D eigenvalue weighted by atomic mass is 32.2. The summed E-state index contributed by atoms with van der Waals surface area (Å²) in [6.45, 7) is 12.3. The number of anilines is 1. The van der Waals surface area contributed by atoms with Crippen molar-refractivity contribution >= 4 is 33.4 Å². The molecule has 0 aliphatic heterocycles. The van der Waals surface area contributed by atoms with Crippen molar-refractivity contribution in [1.29, 1.82) is 0 Å². The molecule has 1 atom stereocenters. The smallest absolute Gasteiger partial charge is 0.243 e. The third kappa shape index (κ3) is 7.28. The van der Waals surface area contributed by atoms with Crippen LogP contribution in [0.4, 0.5) is 5.69 Å². The summed E-state index contributed by atoms with van der Waals surface area (Å²) < 4.78 is 25.9. The maximum Gasteiger partial charge on any atom is 0.243 e. The number of aryl methyl sites for hydroxylation is 2. The number of carbonyl (C=O) groups excluding carboxylic acids is 1. The second-order valence-corrected chi connectivity index (χ2v) is 11.1. The summed E-state index contributed by atoms with van der Waals surface area (Å²) in [7, 11) is -3.58. The second kappa shape index (κ2) is 8.45. The Morgan fingerprint density at radius 1 is 1.20 bits per heavy atom. The van der Waals surface area contributed by atoms with E-state index in [1.165, 1.54) is 4.31 Å². The zero-order valence-corrected chi connectivity index (χ0v) is 17.8. The predicted octanol–water partition coefficient (Wildman–Crippen LogP) is 3.11. The van der Waals surface area contributed by atoms with Crippen LogP contribution >= 0.6 is 11.8 Å². The van der Waals surface area contributed by atoms with E-state index < -0.39 is 16.1 Å². The van der Waals surface area contributed by atoms with E-state index in [2.05, 4.69) is 26.1 Å². The van der Waals surface area contributed by atoms with Crippen LogP contribution in [0.2, 0.25) is 0 Å². The molecule has 0 saturated carbocycles. The van der Waals surface area contributed by atoms with Crippen LogP contribution < -0.4 is 9.62 Å². The quantitative estimate of drug-likeness (QED) is 0.731. The molecular formula is C18H30N2O3S2. The molecule has 7 heteroatoms. The van der Waals surface area contributed by atoms with Crippen LogP contribution in [0, 0.1) is 13.8 Å². The molecule has 1 aromatic rings. The number of nitrogens with zero attached hydrogens (tertiary/aromatic N) is 1. The molecule has 0 aromatic heterocycles. The Hall–Kier alpha value is -1.21. The summed E-state index contributed by atoms with van der Waals surface area (Å²) in [5.41, 5.74) is 2.43. The van der Waals surface area contributed by atoms with Crippen LogP contribution in [0.3, 0.4) is 0 Å². The third-order valence-electron chi connectivity index (χ3n) is 3.49. The van der Waals surface area contributed by atoms with Gasteiger partial charge in [-0.3, -0.25) is 9.10 Å². The lowest BCUT2D eigenvalue weighted by atomic mass is 10.1. The average molecular weight is 387 g/mol. The minimum Gasteiger partial charge on any atom is -0.353 e. The molecule has 0 saturated heterocycles. The number of rotatable bonds is 7. The van der Waals surface area contributed by atoms with Gasteiger partial charge in [-0.15, -0.1) is 0 Å². The first-order valence-corrected chi connectivity index (χ1v) is 11.1. The molecule has 1 aromatic carbocycles. The van der Waals surface area contributed by atoms with Gasteiger partial charge in [0.05, 0.1) is 11.9 Å². The van der Waals surface area contributed by atoms with Crippen molar-refractivity contribution in [2.45, 2.75) is 52.3 Å². The second-order valence-electron chi connectivity index (χ2n) is 7.33. The van der Waals surface area contributed by atoms with Crippen LogP contribution in [0.5, 0.6) is 0 Å². The predicted molar refractivity (Wildman–Crippen MR) is 108 cm³/mol. The standard InChI is InChI=1S/C18H30N2O3S2/c1-13-10-14(2)12-16(11-13)20(25(7,22)23)15(3)17(21)19-8-9-24-18(4,5)6/h10-12,15H,8-9H2,1-7H3,(H,19,21)/t15-/m0/s1. The fourth-order valence-corrected chi connectivity index (χ4v) is 4.54. The zero-order chi connectivity index (χ0) is 19.4. The first-order valence-electron chi connectivity index (χ1n) is 8.30. The van der Waals surface area contributed by atoms with Gasteiger partial charge in [0.25, 0.3) is 0 Å². The van der Waals surface area contributed by atoms with E-state index in [1.807, 2.05) is 19.9 Å². The van der Waals surface area contributed by atoms with Crippen molar-refractivity contribution in [1.82, 2.24) is 5.32 Å². The maximum absolute atomic E-state index is 12.5. The van der Waals surface area contributed by atoms with Crippen molar-refractivity contribution in [3.8, 4) is 0 Å². The van der Waals surface area contributed by atoms with Crippen molar-refractivity contribution < 1.29 is 13.2 Å². The van der Waals surface area contributed by atoms with E-state index in [0.29, 0.717) is 12.2 Å². The van der Waals surface area contributed by atoms with Crippen molar-refractivity contribution in [2.75, 3.05) is 22.9 Å². The molecule has 25 heavy (non-hydrogen) atoms. The van der Waals surface area contributed by atoms with Gasteiger partial charge < -0.3 is 5.32 Å². The Morgan fingerprint density at radius 2 is 1.72 bits per heavy atom. The minimum atomic E-state index is -3.58. The van der Waals surface area contributed by atoms with E-state index in [-0.39, 0.29) is 10.7 Å². The van der Waals surface area contributed by atoms with Gasteiger partial charge in [0, 0.05) is 17.0 Å². The number of nitrogens with one attached hydrogen (secondary N) is 1. The molecule has 0 radical (unpaired) electrons. The summed E-state index contributed by atoms with van der Waals surface area (Å²) in [4.78, 5) is 12.5. The van der Waals surface area contributed by atoms with E-state index in [1.54, 1.807) is 30.8 Å². The van der Waals surface area contributed by atoms with E-state index in [0.717, 1.165) is 23.1 Å². The largest absolute Gasteiger partial charge is 0.353 e. The zero-order valence-electron chi connectivity index (χ0n) is 16.2. The number of amides is 1. The highest BCUT2D eigenvalue weighted by Gasteiger charge is 2.29. The van der Waals surface area contributed by atoms with Crippen LogP contribution in [0.1, 0.15) is 38.8 Å². The molecule has 0 unspecified atom stereocenters. The van der Waals surface area contributed by atoms with Gasteiger partial charge in [-0.1, -0.05) is 26.8 Å². The number of benzene rings is 1. The van der Waals surface area contributed by atoms with Gasteiger partial charge in [-0.25, -0.2) is 8.42 Å². The van der Waals surface area contributed by atoms with Gasteiger partial charge in [0.15, 0.2) is 0 Å². The van der Waals surface area contributed by atoms with Crippen LogP contribution in [-0.2, 0) is 14.8 Å². The number of sulfonamides is 1. The van der Waals surface area contributed by atoms with E-state index in [4.69, 9.17) is 0 Å². The third-order valence-corrected chi connectivity index (χ3v) is 6.00. The highest BCUT2D eigenvalue weighted by Crippen LogP contribution is 2.24. The number of hydrogen-bond acceptors (Lipinski definition) is 4. The van der Waals surface area contributed by atoms with Crippen LogP contribution in [0.15, 0.2) is 18.2 Å². The molecule has 0 bridgehead atoms. The summed E-state index contributed by atoms with van der Waals surface area (Å²) >= 11 is 1.75. The Bertz CT molecular complexity index is 689. The lowest BCUT2D eigenvalue weighted by Gasteiger charge is -2.29. The molecular weight excluding hydrogens is 356 g/mol. The molecule has 0 fully saturated rings. The molecule has 1 N–H and O–H groups in total. The SMILES string of the molecule is Cc1cc(C)cc(N([C@@H](C)C(=O)NCCSC(C)(C)C)S(C)(=O)=O)c1. The van der Waals surface area contributed by atoms with E-state index in [9.17, 15) is 13.2 Å². The molecule has 0 aliphatic carbocycles. The van der Waals surface area contributed by atoms with Gasteiger partial charge in [-0.2, -0.15) is 11.8 Å². The normalized spacial score (nSPS) is 13.4. The lowest BCUT2D eigenvalue weighted by molar-refractivity contribution is -0.121. The fourth-order valence-electron chi connectivity index (χ4n) is 2.57. The summed E-state index contributed by atoms with van der Waals surface area (Å²) in [5, 5.41) is 2.84. The molecule has 0 heterocycles. The topological polar surface area (TPSA) is 66.5 Å². The van der Waals surface area contributed by atoms with Gasteiger partial charge in [0.1, 0.15) is 6.04 Å². The molecule has 0 spiro atoms. The lowest BCUT2D eigenvalue weighted by Crippen LogP contribution is -2.48. The highest BCUT2D eigenvalue weighted by molar-refractivity contribution is 8.00. The van der Waals surface area contributed by atoms with Gasteiger partial charge in [-0.05, 0) is 44.0 Å². The number of hydrogen-bond donors (Lipinski definition) is 1. The van der Waals surface area contributed by atoms with E-state index >= 15 is 0 Å². The minimum absolute atomic E-state index is 0.133. The first-order chi connectivity index (χ1) is 11.3. The van der Waals surface area contributed by atoms with Crippen LogP contribution in [0.25, 0.3) is 0 Å². The summed E-state index contributed by atoms with van der Waals surface area (Å²) in [5.74, 6) is 0.490. The molecule has 1 amide bonds. The number of thioether (sulfide) groups is 1. The van der Waals surface area contributed by atoms with Crippen LogP contribution in [-0.4, -0.2) is 43.7 Å². The average Bonchev–Trinajstić information content (AvgIpc) is 2.39. The van der Waals surface area contributed by atoms with Crippen molar-refractivity contribution in [2.24, 2.45) is 0 Å². The Morgan fingerprint density at radius 3 is 2.16 bits per heavy atom. The molecule has 142 valence electrons. The van der Waals surface area contributed by atoms with Gasteiger partial charge >= 0.3 is 0 Å². The fraction of sp³-hybridized carbons (Fsp3) is 0.611.